The molecule has 3 aromatic rings. The number of hydrogen-bond acceptors (Lipinski definition) is 3. The normalized spacial score (nSPS) is 12.9. The molecule has 1 heterocycles. The van der Waals surface area contributed by atoms with E-state index in [1.54, 1.807) is 23.5 Å². The molecule has 0 saturated heterocycles. The molecule has 0 aliphatic heterocycles. The highest BCUT2D eigenvalue weighted by molar-refractivity contribution is 7.18. The Labute approximate surface area is 137 Å². The minimum Gasteiger partial charge on any atom is -0.244 e. The molecule has 2 nitrogen and oxygen atoms in total. The van der Waals surface area contributed by atoms with Crippen LogP contribution in [0.4, 0.5) is 4.39 Å². The Balaban J connectivity index is 1.76. The Bertz CT molecular complexity index is 937. The first kappa shape index (κ1) is 14.1. The van der Waals surface area contributed by atoms with Gasteiger partial charge < -0.3 is 0 Å². The smallest absolute Gasteiger partial charge is 0.140 e. The largest absolute Gasteiger partial charge is 0.244 e. The van der Waals surface area contributed by atoms with Crippen molar-refractivity contribution in [2.45, 2.75) is 19.3 Å². The molecule has 0 amide bonds. The topological polar surface area (TPSA) is 36.7 Å². The van der Waals surface area contributed by atoms with Crippen LogP contribution in [0.3, 0.4) is 0 Å². The van der Waals surface area contributed by atoms with Gasteiger partial charge in [0, 0.05) is 11.8 Å². The second-order valence-electron chi connectivity index (χ2n) is 5.63. The van der Waals surface area contributed by atoms with Crippen molar-refractivity contribution in [2.24, 2.45) is 0 Å². The van der Waals surface area contributed by atoms with Crippen LogP contribution < -0.4 is 0 Å². The van der Waals surface area contributed by atoms with Crippen LogP contribution in [0.2, 0.25) is 0 Å². The summed E-state index contributed by atoms with van der Waals surface area (Å²) in [5.74, 6) is -0.492. The van der Waals surface area contributed by atoms with Crippen molar-refractivity contribution >= 4 is 11.3 Å². The van der Waals surface area contributed by atoms with E-state index in [-0.39, 0.29) is 5.56 Å². The van der Waals surface area contributed by atoms with E-state index in [0.29, 0.717) is 0 Å². The van der Waals surface area contributed by atoms with Gasteiger partial charge in [-0.25, -0.2) is 9.37 Å². The molecule has 0 saturated carbocycles. The third-order valence-electron chi connectivity index (χ3n) is 4.25. The average molecular weight is 320 g/mol. The highest BCUT2D eigenvalue weighted by atomic mass is 32.1. The van der Waals surface area contributed by atoms with Crippen LogP contribution in [0, 0.1) is 17.1 Å². The maximum atomic E-state index is 13.5. The van der Waals surface area contributed by atoms with E-state index in [4.69, 9.17) is 5.26 Å². The van der Waals surface area contributed by atoms with Crippen molar-refractivity contribution in [2.75, 3.05) is 0 Å². The van der Waals surface area contributed by atoms with Crippen LogP contribution >= 0.6 is 11.3 Å². The maximum Gasteiger partial charge on any atom is 0.140 e. The van der Waals surface area contributed by atoms with Crippen molar-refractivity contribution in [3.63, 3.8) is 0 Å². The first-order valence-corrected chi connectivity index (χ1v) is 8.35. The molecule has 0 fully saturated rings. The van der Waals surface area contributed by atoms with Crippen LogP contribution in [0.25, 0.3) is 21.0 Å². The lowest BCUT2D eigenvalue weighted by Crippen LogP contribution is -1.85. The summed E-state index contributed by atoms with van der Waals surface area (Å²) in [5, 5.41) is 9.78. The molecular formula is C19H13FN2S. The van der Waals surface area contributed by atoms with E-state index >= 15 is 0 Å². The van der Waals surface area contributed by atoms with Crippen molar-refractivity contribution in [3.05, 3.63) is 65.1 Å². The summed E-state index contributed by atoms with van der Waals surface area (Å²) in [4.78, 5) is 5.61. The zero-order valence-corrected chi connectivity index (χ0v) is 13.2. The molecule has 4 heteroatoms. The van der Waals surface area contributed by atoms with Crippen molar-refractivity contribution in [1.29, 1.82) is 5.26 Å². The fraction of sp³-hybridized carbons (Fsp3) is 0.158. The molecule has 1 aliphatic carbocycles. The van der Waals surface area contributed by atoms with Crippen LogP contribution in [-0.4, -0.2) is 4.98 Å². The van der Waals surface area contributed by atoms with Gasteiger partial charge in [-0.05, 0) is 54.2 Å². The predicted molar refractivity (Wildman–Crippen MR) is 89.7 cm³/mol. The van der Waals surface area contributed by atoms with Gasteiger partial charge in [0.1, 0.15) is 16.9 Å². The Hall–Kier alpha value is -2.51. The Morgan fingerprint density at radius 2 is 2.09 bits per heavy atom. The number of fused-ring (bicyclic) bond motifs is 1. The van der Waals surface area contributed by atoms with Gasteiger partial charge >= 0.3 is 0 Å². The monoisotopic (exact) mass is 320 g/mol. The van der Waals surface area contributed by atoms with Gasteiger partial charge in [0.05, 0.1) is 10.4 Å². The number of aryl methyl sites for hydroxylation is 1. The molecule has 0 atom stereocenters. The van der Waals surface area contributed by atoms with E-state index in [1.807, 2.05) is 12.3 Å². The molecule has 0 bridgehead atoms. The maximum absolute atomic E-state index is 13.5. The first-order valence-electron chi connectivity index (χ1n) is 7.53. The van der Waals surface area contributed by atoms with E-state index < -0.39 is 5.82 Å². The molecule has 23 heavy (non-hydrogen) atoms. The lowest BCUT2D eigenvalue weighted by Gasteiger charge is -2.05. The van der Waals surface area contributed by atoms with Gasteiger partial charge in [0.15, 0.2) is 0 Å². The molecule has 0 N–H and O–H groups in total. The molecule has 1 aromatic heterocycles. The number of halogens is 1. The fourth-order valence-corrected chi connectivity index (χ4v) is 4.09. The number of hydrogen-bond donors (Lipinski definition) is 0. The van der Waals surface area contributed by atoms with Gasteiger partial charge in [-0.2, -0.15) is 5.26 Å². The quantitative estimate of drug-likeness (QED) is 0.668. The molecule has 2 aromatic carbocycles. The van der Waals surface area contributed by atoms with E-state index in [9.17, 15) is 4.39 Å². The lowest BCUT2D eigenvalue weighted by atomic mass is 10.0. The van der Waals surface area contributed by atoms with Gasteiger partial charge in [-0.15, -0.1) is 11.3 Å². The summed E-state index contributed by atoms with van der Waals surface area (Å²) >= 11 is 1.59. The van der Waals surface area contributed by atoms with E-state index in [1.165, 1.54) is 29.2 Å². The Morgan fingerprint density at radius 3 is 2.96 bits per heavy atom. The summed E-state index contributed by atoms with van der Waals surface area (Å²) in [6, 6.07) is 12.9. The predicted octanol–water partition coefficient (Wildman–Crippen LogP) is 4.98. The van der Waals surface area contributed by atoms with Gasteiger partial charge in [0.2, 0.25) is 0 Å². The van der Waals surface area contributed by atoms with E-state index in [0.717, 1.165) is 28.3 Å². The van der Waals surface area contributed by atoms with Gasteiger partial charge in [0.25, 0.3) is 0 Å². The molecule has 0 radical (unpaired) electrons. The zero-order chi connectivity index (χ0) is 15.8. The SMILES string of the molecule is N#Cc1cc(-c2ncc(-c3cccc4c3CCC4)s2)ccc1F. The number of rotatable bonds is 2. The summed E-state index contributed by atoms with van der Waals surface area (Å²) < 4.78 is 13.5. The average Bonchev–Trinajstić information content (AvgIpc) is 3.24. The summed E-state index contributed by atoms with van der Waals surface area (Å²) in [7, 11) is 0. The van der Waals surface area contributed by atoms with Crippen molar-refractivity contribution < 1.29 is 4.39 Å². The molecular weight excluding hydrogens is 307 g/mol. The molecule has 112 valence electrons. The third kappa shape index (κ3) is 2.43. The standard InChI is InChI=1S/C19H13FN2S/c20-17-8-7-13(9-14(17)10-21)19-22-11-18(23-19)16-6-2-4-12-3-1-5-15(12)16/h2,4,6-9,11H,1,3,5H2. The number of thiazole rings is 1. The highest BCUT2D eigenvalue weighted by Crippen LogP contribution is 2.37. The van der Waals surface area contributed by atoms with Crippen molar-refractivity contribution in [1.82, 2.24) is 4.98 Å². The van der Waals surface area contributed by atoms with E-state index in [2.05, 4.69) is 23.2 Å². The number of nitriles is 1. The minimum absolute atomic E-state index is 0.0554. The Morgan fingerprint density at radius 1 is 1.17 bits per heavy atom. The second kappa shape index (κ2) is 5.60. The van der Waals surface area contributed by atoms with Crippen molar-refractivity contribution in [3.8, 4) is 27.1 Å². The fourth-order valence-electron chi connectivity index (χ4n) is 3.13. The van der Waals surface area contributed by atoms with Gasteiger partial charge in [-0.3, -0.25) is 0 Å². The molecule has 0 unspecified atom stereocenters. The minimum atomic E-state index is -0.492. The van der Waals surface area contributed by atoms with Crippen LogP contribution in [0.15, 0.2) is 42.6 Å². The first-order chi connectivity index (χ1) is 11.3. The molecule has 1 aliphatic rings. The highest BCUT2D eigenvalue weighted by Gasteiger charge is 2.17. The molecule has 4 rings (SSSR count). The lowest BCUT2D eigenvalue weighted by molar-refractivity contribution is 0.624. The Kier molecular flexibility index (Phi) is 3.44. The summed E-state index contributed by atoms with van der Waals surface area (Å²) in [6.07, 6.45) is 5.36. The summed E-state index contributed by atoms with van der Waals surface area (Å²) in [6.45, 7) is 0. The second-order valence-corrected chi connectivity index (χ2v) is 6.66. The number of benzene rings is 2. The van der Waals surface area contributed by atoms with Gasteiger partial charge in [-0.1, -0.05) is 18.2 Å². The van der Waals surface area contributed by atoms with Crippen LogP contribution in [0.5, 0.6) is 0 Å². The summed E-state index contributed by atoms with van der Waals surface area (Å²) in [5.41, 5.74) is 4.96. The number of nitrogens with zero attached hydrogens (tertiary/aromatic N) is 2. The van der Waals surface area contributed by atoms with Crippen LogP contribution in [0.1, 0.15) is 23.1 Å². The third-order valence-corrected chi connectivity index (χ3v) is 5.33. The zero-order valence-electron chi connectivity index (χ0n) is 12.3. The van der Waals surface area contributed by atoms with Crippen LogP contribution in [-0.2, 0) is 12.8 Å². The number of aromatic nitrogens is 1. The molecule has 0 spiro atoms.